The smallest absolute Gasteiger partial charge is 0.299 e. The summed E-state index contributed by atoms with van der Waals surface area (Å²) in [4.78, 5) is 24.5. The molecule has 0 saturated heterocycles. The highest BCUT2D eigenvalue weighted by Gasteiger charge is 2.40. The van der Waals surface area contributed by atoms with Crippen molar-refractivity contribution in [2.24, 2.45) is 0 Å². The summed E-state index contributed by atoms with van der Waals surface area (Å²) in [7, 11) is 0. The molecular weight excluding hydrogens is 268 g/mol. The van der Waals surface area contributed by atoms with Crippen LogP contribution < -0.4 is 4.90 Å². The van der Waals surface area contributed by atoms with Gasteiger partial charge in [-0.25, -0.2) is 8.78 Å². The SMILES string of the molecule is O=C1C(=O)N(CCn2cccn2)c2c(F)ccc(F)c21. The number of rotatable bonds is 3. The lowest BCUT2D eigenvalue weighted by Gasteiger charge is -2.16. The Morgan fingerprint density at radius 2 is 1.85 bits per heavy atom. The third kappa shape index (κ3) is 1.78. The molecule has 1 aliphatic heterocycles. The van der Waals surface area contributed by atoms with E-state index in [0.29, 0.717) is 0 Å². The van der Waals surface area contributed by atoms with Crippen LogP contribution in [-0.2, 0) is 11.3 Å². The van der Waals surface area contributed by atoms with Gasteiger partial charge in [0.15, 0.2) is 0 Å². The summed E-state index contributed by atoms with van der Waals surface area (Å²) < 4.78 is 28.9. The third-order valence-corrected chi connectivity index (χ3v) is 3.13. The van der Waals surface area contributed by atoms with Crippen molar-refractivity contribution in [3.05, 3.63) is 47.8 Å². The third-order valence-electron chi connectivity index (χ3n) is 3.13. The van der Waals surface area contributed by atoms with Crippen molar-refractivity contribution in [1.29, 1.82) is 0 Å². The highest BCUT2D eigenvalue weighted by molar-refractivity contribution is 6.52. The van der Waals surface area contributed by atoms with Crippen LogP contribution in [0.25, 0.3) is 0 Å². The van der Waals surface area contributed by atoms with Crippen LogP contribution in [0.1, 0.15) is 10.4 Å². The summed E-state index contributed by atoms with van der Waals surface area (Å²) in [6.45, 7) is 0.320. The number of anilines is 1. The molecule has 0 saturated carbocycles. The number of hydrogen-bond donors (Lipinski definition) is 0. The summed E-state index contributed by atoms with van der Waals surface area (Å²) in [5.41, 5.74) is -0.775. The van der Waals surface area contributed by atoms with Gasteiger partial charge >= 0.3 is 0 Å². The monoisotopic (exact) mass is 277 g/mol. The topological polar surface area (TPSA) is 55.2 Å². The molecule has 1 aliphatic rings. The molecule has 0 fully saturated rings. The summed E-state index contributed by atoms with van der Waals surface area (Å²) in [5, 5.41) is 3.94. The molecule has 2 heterocycles. The van der Waals surface area contributed by atoms with Crippen LogP contribution >= 0.6 is 0 Å². The van der Waals surface area contributed by atoms with E-state index in [4.69, 9.17) is 0 Å². The average molecular weight is 277 g/mol. The predicted octanol–water partition coefficient (Wildman–Crippen LogP) is 1.39. The Bertz CT molecular complexity index is 698. The van der Waals surface area contributed by atoms with Crippen molar-refractivity contribution in [3.8, 4) is 0 Å². The minimum Gasteiger partial charge on any atom is -0.300 e. The normalized spacial score (nSPS) is 14.0. The summed E-state index contributed by atoms with van der Waals surface area (Å²) in [6, 6.07) is 3.45. The second kappa shape index (κ2) is 4.52. The minimum atomic E-state index is -1.02. The second-order valence-corrected chi connectivity index (χ2v) is 4.31. The highest BCUT2D eigenvalue weighted by atomic mass is 19.1. The summed E-state index contributed by atoms with van der Waals surface area (Å²) >= 11 is 0. The van der Waals surface area contributed by atoms with Gasteiger partial charge in [0.2, 0.25) is 0 Å². The molecular formula is C13H9F2N3O2. The van der Waals surface area contributed by atoms with E-state index in [-0.39, 0.29) is 18.8 Å². The van der Waals surface area contributed by atoms with Gasteiger partial charge in [0, 0.05) is 18.9 Å². The van der Waals surface area contributed by atoms with Crippen molar-refractivity contribution in [1.82, 2.24) is 9.78 Å². The lowest BCUT2D eigenvalue weighted by molar-refractivity contribution is -0.114. The molecule has 3 rings (SSSR count). The fourth-order valence-electron chi connectivity index (χ4n) is 2.20. The maximum atomic E-state index is 13.8. The first-order chi connectivity index (χ1) is 9.59. The van der Waals surface area contributed by atoms with E-state index in [1.165, 1.54) is 4.68 Å². The fourth-order valence-corrected chi connectivity index (χ4v) is 2.20. The van der Waals surface area contributed by atoms with E-state index in [0.717, 1.165) is 17.0 Å². The van der Waals surface area contributed by atoms with Gasteiger partial charge < -0.3 is 4.90 Å². The van der Waals surface area contributed by atoms with E-state index in [1.807, 2.05) is 0 Å². The number of fused-ring (bicyclic) bond motifs is 1. The van der Waals surface area contributed by atoms with Crippen molar-refractivity contribution in [2.75, 3.05) is 11.4 Å². The fraction of sp³-hybridized carbons (Fsp3) is 0.154. The van der Waals surface area contributed by atoms with E-state index in [1.54, 1.807) is 18.5 Å². The van der Waals surface area contributed by atoms with Gasteiger partial charge in [-0.3, -0.25) is 14.3 Å². The number of benzene rings is 1. The Kier molecular flexibility index (Phi) is 2.81. The number of carbonyl (C=O) groups excluding carboxylic acids is 2. The second-order valence-electron chi connectivity index (χ2n) is 4.31. The van der Waals surface area contributed by atoms with Crippen LogP contribution in [0.15, 0.2) is 30.6 Å². The van der Waals surface area contributed by atoms with Crippen molar-refractivity contribution < 1.29 is 18.4 Å². The van der Waals surface area contributed by atoms with Crippen LogP contribution in [0.4, 0.5) is 14.5 Å². The van der Waals surface area contributed by atoms with Gasteiger partial charge in [-0.15, -0.1) is 0 Å². The van der Waals surface area contributed by atoms with Gasteiger partial charge in [-0.05, 0) is 18.2 Å². The molecule has 0 spiro atoms. The molecule has 102 valence electrons. The molecule has 0 N–H and O–H groups in total. The molecule has 2 aromatic rings. The number of Topliss-reactive ketones (excluding diaryl/α,β-unsaturated/α-hetero) is 1. The zero-order chi connectivity index (χ0) is 14.3. The van der Waals surface area contributed by atoms with Crippen LogP contribution in [-0.4, -0.2) is 28.0 Å². The zero-order valence-electron chi connectivity index (χ0n) is 10.2. The molecule has 7 heteroatoms. The molecule has 0 radical (unpaired) electrons. The molecule has 0 aliphatic carbocycles. The van der Waals surface area contributed by atoms with Crippen LogP contribution in [0.3, 0.4) is 0 Å². The zero-order valence-corrected chi connectivity index (χ0v) is 10.2. The van der Waals surface area contributed by atoms with Crippen molar-refractivity contribution >= 4 is 17.4 Å². The lowest BCUT2D eigenvalue weighted by atomic mass is 10.1. The summed E-state index contributed by atoms with van der Waals surface area (Å²) in [6.07, 6.45) is 3.23. The van der Waals surface area contributed by atoms with Gasteiger partial charge in [0.1, 0.15) is 11.6 Å². The number of amides is 1. The molecule has 0 unspecified atom stereocenters. The first-order valence-electron chi connectivity index (χ1n) is 5.91. The largest absolute Gasteiger partial charge is 0.300 e. The number of halogens is 2. The van der Waals surface area contributed by atoms with Crippen molar-refractivity contribution in [2.45, 2.75) is 6.54 Å². The maximum Gasteiger partial charge on any atom is 0.299 e. The van der Waals surface area contributed by atoms with Gasteiger partial charge in [0.05, 0.1) is 17.8 Å². The molecule has 0 bridgehead atoms. The molecule has 5 nitrogen and oxygen atoms in total. The number of ketones is 1. The van der Waals surface area contributed by atoms with Crippen molar-refractivity contribution in [3.63, 3.8) is 0 Å². The maximum absolute atomic E-state index is 13.8. The molecule has 1 aromatic carbocycles. The van der Waals surface area contributed by atoms with E-state index in [9.17, 15) is 18.4 Å². The minimum absolute atomic E-state index is 0.0413. The molecule has 0 atom stereocenters. The number of nitrogens with zero attached hydrogens (tertiary/aromatic N) is 3. The van der Waals surface area contributed by atoms with E-state index < -0.39 is 28.9 Å². The average Bonchev–Trinajstić information content (AvgIpc) is 3.02. The molecule has 1 aromatic heterocycles. The van der Waals surface area contributed by atoms with E-state index >= 15 is 0 Å². The highest BCUT2D eigenvalue weighted by Crippen LogP contribution is 2.33. The predicted molar refractivity (Wildman–Crippen MR) is 65.3 cm³/mol. The Morgan fingerprint density at radius 3 is 2.55 bits per heavy atom. The number of hydrogen-bond acceptors (Lipinski definition) is 3. The Morgan fingerprint density at radius 1 is 1.10 bits per heavy atom. The van der Waals surface area contributed by atoms with Gasteiger partial charge in [0.25, 0.3) is 11.7 Å². The Labute approximate surface area is 112 Å². The van der Waals surface area contributed by atoms with Crippen LogP contribution in [0.5, 0.6) is 0 Å². The summed E-state index contributed by atoms with van der Waals surface area (Å²) in [5.74, 6) is -3.61. The molecule has 1 amide bonds. The van der Waals surface area contributed by atoms with E-state index in [2.05, 4.69) is 5.10 Å². The van der Waals surface area contributed by atoms with Gasteiger partial charge in [-0.1, -0.05) is 0 Å². The lowest BCUT2D eigenvalue weighted by Crippen LogP contribution is -2.33. The Hall–Kier alpha value is -2.57. The van der Waals surface area contributed by atoms with Gasteiger partial charge in [-0.2, -0.15) is 5.10 Å². The number of carbonyl (C=O) groups is 2. The van der Waals surface area contributed by atoms with Crippen LogP contribution in [0, 0.1) is 11.6 Å². The Balaban J connectivity index is 1.96. The van der Waals surface area contributed by atoms with Crippen LogP contribution in [0.2, 0.25) is 0 Å². The quantitative estimate of drug-likeness (QED) is 0.797. The first kappa shape index (κ1) is 12.5. The number of aromatic nitrogens is 2. The standard InChI is InChI=1S/C13H9F2N3O2/c14-8-2-3-9(15)11-10(8)12(19)13(20)18(11)7-6-17-5-1-4-16-17/h1-5H,6-7H2. The first-order valence-corrected chi connectivity index (χ1v) is 5.91. The molecule has 20 heavy (non-hydrogen) atoms.